The zero-order valence-electron chi connectivity index (χ0n) is 9.22. The number of amides is 1. The Kier molecular flexibility index (Phi) is 2.71. The van der Waals surface area contributed by atoms with Crippen LogP contribution in [0.3, 0.4) is 0 Å². The summed E-state index contributed by atoms with van der Waals surface area (Å²) in [5.74, 6) is 0.139. The minimum absolute atomic E-state index is 0.139. The van der Waals surface area contributed by atoms with E-state index < -0.39 is 9.75 Å². The molecule has 2 atom stereocenters. The molecule has 0 N–H and O–H groups in total. The van der Waals surface area contributed by atoms with Crippen LogP contribution in [0.2, 0.25) is 0 Å². The largest absolute Gasteiger partial charge is 0.339 e. The third-order valence-electron chi connectivity index (χ3n) is 3.79. The van der Waals surface area contributed by atoms with E-state index in [1.807, 2.05) is 11.8 Å². The Morgan fingerprint density at radius 3 is 2.47 bits per heavy atom. The zero-order chi connectivity index (χ0) is 11.3. The number of carbonyl (C=O) groups excluding carboxylic acids is 1. The maximum Gasteiger partial charge on any atom is 0.231 e. The average Bonchev–Trinajstić information content (AvgIpc) is 2.67. The fraction of sp³-hybridized carbons (Fsp3) is 0.909. The topological polar surface area (TPSA) is 20.3 Å². The first-order chi connectivity index (χ1) is 6.88. The lowest BCUT2D eigenvalue weighted by molar-refractivity contribution is -0.139. The van der Waals surface area contributed by atoms with E-state index in [2.05, 4.69) is 6.92 Å². The molecule has 1 aliphatic heterocycles. The van der Waals surface area contributed by atoms with Crippen molar-refractivity contribution >= 4 is 29.1 Å². The lowest BCUT2D eigenvalue weighted by Crippen LogP contribution is -2.46. The number of hydrogen-bond acceptors (Lipinski definition) is 1. The van der Waals surface area contributed by atoms with Gasteiger partial charge in [-0.25, -0.2) is 0 Å². The smallest absolute Gasteiger partial charge is 0.231 e. The molecular weight excluding hydrogens is 233 g/mol. The van der Waals surface area contributed by atoms with Crippen molar-refractivity contribution in [1.29, 1.82) is 0 Å². The summed E-state index contributed by atoms with van der Waals surface area (Å²) in [6, 6.07) is 0.341. The molecular formula is C11H17Cl2NO. The van der Waals surface area contributed by atoms with Crippen LogP contribution in [0.5, 0.6) is 0 Å². The van der Waals surface area contributed by atoms with Gasteiger partial charge in [-0.05, 0) is 39.5 Å². The summed E-state index contributed by atoms with van der Waals surface area (Å²) < 4.78 is -0.832. The van der Waals surface area contributed by atoms with Gasteiger partial charge in [0.1, 0.15) is 4.33 Å². The van der Waals surface area contributed by atoms with Gasteiger partial charge < -0.3 is 4.90 Å². The molecule has 1 aliphatic carbocycles. The van der Waals surface area contributed by atoms with Crippen molar-refractivity contribution in [3.05, 3.63) is 0 Å². The molecule has 15 heavy (non-hydrogen) atoms. The highest BCUT2D eigenvalue weighted by Gasteiger charge is 2.68. The third-order valence-corrected chi connectivity index (χ3v) is 4.90. The number of carbonyl (C=O) groups is 1. The van der Waals surface area contributed by atoms with Crippen LogP contribution in [0, 0.1) is 5.41 Å². The highest BCUT2D eigenvalue weighted by Crippen LogP contribution is 2.64. The summed E-state index contributed by atoms with van der Waals surface area (Å²) in [4.78, 5) is 14.2. The van der Waals surface area contributed by atoms with Gasteiger partial charge in [0.05, 0.1) is 5.41 Å². The molecule has 2 rings (SSSR count). The van der Waals surface area contributed by atoms with Crippen LogP contribution in [0.25, 0.3) is 0 Å². The molecule has 2 fully saturated rings. The third kappa shape index (κ3) is 1.76. The monoisotopic (exact) mass is 249 g/mol. The number of nitrogens with zero attached hydrogens (tertiary/aromatic N) is 1. The second kappa shape index (κ2) is 3.53. The molecule has 0 aromatic rings. The molecule has 1 saturated carbocycles. The highest BCUT2D eigenvalue weighted by molar-refractivity contribution is 6.53. The predicted octanol–water partition coefficient (Wildman–Crippen LogP) is 2.97. The molecule has 1 amide bonds. The summed E-state index contributed by atoms with van der Waals surface area (Å²) in [6.45, 7) is 4.84. The predicted molar refractivity (Wildman–Crippen MR) is 62.2 cm³/mol. The van der Waals surface area contributed by atoms with Crippen LogP contribution in [0.15, 0.2) is 0 Å². The summed E-state index contributed by atoms with van der Waals surface area (Å²) >= 11 is 12.1. The summed E-state index contributed by atoms with van der Waals surface area (Å²) in [7, 11) is 0. The van der Waals surface area contributed by atoms with E-state index in [9.17, 15) is 4.79 Å². The molecule has 4 heteroatoms. The number of hydrogen-bond donors (Lipinski definition) is 0. The van der Waals surface area contributed by atoms with Crippen LogP contribution in [0.4, 0.5) is 0 Å². The summed E-state index contributed by atoms with van der Waals surface area (Å²) in [6.07, 6.45) is 4.00. The van der Waals surface area contributed by atoms with Crippen LogP contribution in [-0.2, 0) is 4.79 Å². The Balaban J connectivity index is 2.08. The highest BCUT2D eigenvalue weighted by atomic mass is 35.5. The molecule has 0 aromatic carbocycles. The molecule has 0 spiro atoms. The van der Waals surface area contributed by atoms with Gasteiger partial charge in [-0.15, -0.1) is 23.2 Å². The summed E-state index contributed by atoms with van der Waals surface area (Å²) in [5.41, 5.74) is -0.540. The Bertz CT molecular complexity index is 292. The van der Waals surface area contributed by atoms with Crippen molar-refractivity contribution in [3.63, 3.8) is 0 Å². The van der Waals surface area contributed by atoms with E-state index in [-0.39, 0.29) is 5.91 Å². The SMILES string of the molecule is CC1CCCCN1C(=O)C1(C)CC1(Cl)Cl. The van der Waals surface area contributed by atoms with Crippen LogP contribution >= 0.6 is 23.2 Å². The van der Waals surface area contributed by atoms with Crippen LogP contribution in [0.1, 0.15) is 39.5 Å². The van der Waals surface area contributed by atoms with Gasteiger partial charge in [0, 0.05) is 12.6 Å². The number of halogens is 2. The molecule has 2 aliphatic rings. The number of alkyl halides is 2. The minimum Gasteiger partial charge on any atom is -0.339 e. The van der Waals surface area contributed by atoms with Gasteiger partial charge in [0.15, 0.2) is 0 Å². The fourth-order valence-corrected chi connectivity index (χ4v) is 3.04. The van der Waals surface area contributed by atoms with E-state index in [0.717, 1.165) is 19.4 Å². The first-order valence-electron chi connectivity index (χ1n) is 5.57. The Labute approximate surface area is 101 Å². The van der Waals surface area contributed by atoms with Gasteiger partial charge in [-0.3, -0.25) is 4.79 Å². The van der Waals surface area contributed by atoms with Crippen LogP contribution < -0.4 is 0 Å². The van der Waals surface area contributed by atoms with Gasteiger partial charge in [-0.1, -0.05) is 0 Å². The Hall–Kier alpha value is 0.0500. The molecule has 1 saturated heterocycles. The van der Waals surface area contributed by atoms with Crippen molar-refractivity contribution in [2.24, 2.45) is 5.41 Å². The van der Waals surface area contributed by atoms with Gasteiger partial charge in [0.25, 0.3) is 0 Å². The molecule has 0 aromatic heterocycles. The van der Waals surface area contributed by atoms with E-state index in [1.165, 1.54) is 6.42 Å². The molecule has 0 radical (unpaired) electrons. The molecule has 0 bridgehead atoms. The van der Waals surface area contributed by atoms with Gasteiger partial charge >= 0.3 is 0 Å². The zero-order valence-corrected chi connectivity index (χ0v) is 10.7. The quantitative estimate of drug-likeness (QED) is 0.655. The van der Waals surface area contributed by atoms with Crippen molar-refractivity contribution in [1.82, 2.24) is 4.90 Å². The van der Waals surface area contributed by atoms with Crippen molar-refractivity contribution < 1.29 is 4.79 Å². The van der Waals surface area contributed by atoms with E-state index in [4.69, 9.17) is 23.2 Å². The minimum atomic E-state index is -0.832. The standard InChI is InChI=1S/C11H17Cl2NO/c1-8-5-3-4-6-14(8)9(15)10(2)7-11(10,12)13/h8H,3-7H2,1-2H3. The lowest BCUT2D eigenvalue weighted by atomic mass is 10.00. The molecule has 2 nitrogen and oxygen atoms in total. The number of piperidine rings is 1. The summed E-state index contributed by atoms with van der Waals surface area (Å²) in [5, 5.41) is 0. The first-order valence-corrected chi connectivity index (χ1v) is 6.33. The number of likely N-dealkylation sites (tertiary alicyclic amines) is 1. The van der Waals surface area contributed by atoms with Crippen molar-refractivity contribution in [2.45, 2.75) is 49.9 Å². The average molecular weight is 250 g/mol. The molecule has 2 unspecified atom stereocenters. The maximum absolute atomic E-state index is 12.3. The number of rotatable bonds is 1. The maximum atomic E-state index is 12.3. The van der Waals surface area contributed by atoms with Crippen molar-refractivity contribution in [2.75, 3.05) is 6.54 Å². The lowest BCUT2D eigenvalue weighted by Gasteiger charge is -2.35. The Morgan fingerprint density at radius 1 is 1.40 bits per heavy atom. The normalized spacial score (nSPS) is 38.9. The van der Waals surface area contributed by atoms with E-state index >= 15 is 0 Å². The fourth-order valence-electron chi connectivity index (χ4n) is 2.35. The van der Waals surface area contributed by atoms with E-state index in [1.54, 1.807) is 0 Å². The first kappa shape index (κ1) is 11.5. The second-order valence-corrected chi connectivity index (χ2v) is 6.54. The van der Waals surface area contributed by atoms with Crippen molar-refractivity contribution in [3.8, 4) is 0 Å². The van der Waals surface area contributed by atoms with E-state index in [0.29, 0.717) is 12.5 Å². The molecule has 1 heterocycles. The Morgan fingerprint density at radius 2 is 2.00 bits per heavy atom. The second-order valence-electron chi connectivity index (χ2n) is 5.06. The van der Waals surface area contributed by atoms with Gasteiger partial charge in [-0.2, -0.15) is 0 Å². The van der Waals surface area contributed by atoms with Crippen LogP contribution in [-0.4, -0.2) is 27.7 Å². The molecule has 86 valence electrons. The van der Waals surface area contributed by atoms with Gasteiger partial charge in [0.2, 0.25) is 5.91 Å².